The van der Waals surface area contributed by atoms with Crippen LogP contribution in [0, 0.1) is 12.3 Å². The highest BCUT2D eigenvalue weighted by molar-refractivity contribution is 6.31. The highest BCUT2D eigenvalue weighted by Gasteiger charge is 2.13. The lowest BCUT2D eigenvalue weighted by atomic mass is 10.1. The molecular weight excluding hydrogens is 312 g/mol. The van der Waals surface area contributed by atoms with Crippen LogP contribution in [0.4, 0.5) is 5.69 Å². The van der Waals surface area contributed by atoms with Crippen LogP contribution in [0.25, 0.3) is 0 Å². The average molecular weight is 327 g/mol. The van der Waals surface area contributed by atoms with E-state index in [1.807, 2.05) is 6.07 Å². The van der Waals surface area contributed by atoms with Gasteiger partial charge in [-0.1, -0.05) is 47.9 Å². The number of nitrogens with one attached hydrogen (secondary N) is 2. The van der Waals surface area contributed by atoms with Crippen molar-refractivity contribution in [3.63, 3.8) is 0 Å². The van der Waals surface area contributed by atoms with E-state index in [-0.39, 0.29) is 24.8 Å². The second-order valence-electron chi connectivity index (χ2n) is 4.75. The monoisotopic (exact) mass is 326 g/mol. The Bertz CT molecular complexity index is 766. The summed E-state index contributed by atoms with van der Waals surface area (Å²) in [6, 6.07) is 13.9. The Morgan fingerprint density at radius 3 is 2.52 bits per heavy atom. The van der Waals surface area contributed by atoms with Crippen LogP contribution < -0.4 is 10.6 Å². The molecule has 0 aliphatic rings. The minimum atomic E-state index is -0.336. The molecule has 2 amide bonds. The zero-order chi connectivity index (χ0) is 16.7. The van der Waals surface area contributed by atoms with E-state index in [1.54, 1.807) is 42.5 Å². The van der Waals surface area contributed by atoms with Crippen LogP contribution in [0.5, 0.6) is 0 Å². The van der Waals surface area contributed by atoms with E-state index in [2.05, 4.69) is 16.6 Å². The summed E-state index contributed by atoms with van der Waals surface area (Å²) in [7, 11) is 0. The lowest BCUT2D eigenvalue weighted by Crippen LogP contribution is -2.25. The number of benzene rings is 2. The molecule has 0 aliphatic carbocycles. The number of carbonyl (C=O) groups is 2. The molecule has 4 nitrogen and oxygen atoms in total. The average Bonchev–Trinajstić information content (AvgIpc) is 2.55. The Labute approximate surface area is 139 Å². The van der Waals surface area contributed by atoms with Gasteiger partial charge in [0.2, 0.25) is 5.91 Å². The van der Waals surface area contributed by atoms with Crippen LogP contribution in [0.3, 0.4) is 0 Å². The number of para-hydroxylation sites is 1. The third kappa shape index (κ3) is 4.60. The van der Waals surface area contributed by atoms with Crippen LogP contribution in [0.2, 0.25) is 5.02 Å². The molecule has 0 saturated heterocycles. The van der Waals surface area contributed by atoms with Crippen LogP contribution in [0.1, 0.15) is 15.9 Å². The maximum atomic E-state index is 12.2. The fraction of sp³-hybridized carbons (Fsp3) is 0.111. The molecule has 0 aliphatic heterocycles. The molecule has 0 atom stereocenters. The summed E-state index contributed by atoms with van der Waals surface area (Å²) in [6.07, 6.45) is 5.25. The van der Waals surface area contributed by atoms with Crippen molar-refractivity contribution in [2.45, 2.75) is 6.42 Å². The minimum absolute atomic E-state index is 0.125. The molecule has 0 saturated carbocycles. The Morgan fingerprint density at radius 1 is 1.09 bits per heavy atom. The van der Waals surface area contributed by atoms with E-state index in [0.717, 1.165) is 5.56 Å². The molecule has 0 spiro atoms. The van der Waals surface area contributed by atoms with Crippen LogP contribution in [-0.2, 0) is 11.2 Å². The van der Waals surface area contributed by atoms with E-state index in [0.29, 0.717) is 16.3 Å². The number of terminal acetylenes is 1. The number of amides is 2. The summed E-state index contributed by atoms with van der Waals surface area (Å²) in [5, 5.41) is 5.84. The van der Waals surface area contributed by atoms with Gasteiger partial charge in [0.25, 0.3) is 5.91 Å². The number of carbonyl (C=O) groups excluding carboxylic acids is 2. The summed E-state index contributed by atoms with van der Waals surface area (Å²) in [5.74, 6) is 1.74. The molecule has 5 heteroatoms. The Hall–Kier alpha value is -2.77. The van der Waals surface area contributed by atoms with E-state index in [4.69, 9.17) is 18.0 Å². The lowest BCUT2D eigenvalue weighted by Gasteiger charge is -2.11. The van der Waals surface area contributed by atoms with Gasteiger partial charge in [0.15, 0.2) is 0 Å². The quantitative estimate of drug-likeness (QED) is 0.830. The summed E-state index contributed by atoms with van der Waals surface area (Å²) >= 11 is 6.05. The first-order valence-electron chi connectivity index (χ1n) is 6.95. The van der Waals surface area contributed by atoms with Crippen molar-refractivity contribution in [2.75, 3.05) is 11.9 Å². The van der Waals surface area contributed by atoms with Gasteiger partial charge < -0.3 is 10.6 Å². The van der Waals surface area contributed by atoms with E-state index < -0.39 is 0 Å². The number of hydrogen-bond donors (Lipinski definition) is 2. The van der Waals surface area contributed by atoms with E-state index in [9.17, 15) is 9.59 Å². The summed E-state index contributed by atoms with van der Waals surface area (Å²) in [5.41, 5.74) is 1.51. The first-order valence-corrected chi connectivity index (χ1v) is 7.33. The van der Waals surface area contributed by atoms with Gasteiger partial charge in [-0.05, 0) is 23.8 Å². The van der Waals surface area contributed by atoms with Gasteiger partial charge in [0.05, 0.1) is 24.2 Å². The van der Waals surface area contributed by atoms with Crippen molar-refractivity contribution in [1.29, 1.82) is 0 Å². The molecule has 0 unspecified atom stereocenters. The predicted molar refractivity (Wildman–Crippen MR) is 91.4 cm³/mol. The first kappa shape index (κ1) is 16.6. The Kier molecular flexibility index (Phi) is 5.79. The van der Waals surface area contributed by atoms with Crippen molar-refractivity contribution in [3.8, 4) is 12.3 Å². The zero-order valence-corrected chi connectivity index (χ0v) is 13.1. The van der Waals surface area contributed by atoms with Crippen molar-refractivity contribution in [2.24, 2.45) is 0 Å². The molecule has 2 aromatic rings. The van der Waals surface area contributed by atoms with Gasteiger partial charge in [0, 0.05) is 5.02 Å². The fourth-order valence-corrected chi connectivity index (χ4v) is 2.23. The van der Waals surface area contributed by atoms with Gasteiger partial charge >= 0.3 is 0 Å². The molecule has 0 heterocycles. The second kappa shape index (κ2) is 8.02. The zero-order valence-electron chi connectivity index (χ0n) is 12.3. The summed E-state index contributed by atoms with van der Waals surface area (Å²) in [6.45, 7) is 0.126. The standard InChI is InChI=1S/C18H15ClN2O2/c1-2-11-20-18(23)14-8-4-6-10-16(14)21-17(22)12-13-7-3-5-9-15(13)19/h1,3-10H,11-12H2,(H,20,23)(H,21,22). The largest absolute Gasteiger partial charge is 0.341 e. The van der Waals surface area contributed by atoms with Crippen molar-refractivity contribution in [3.05, 3.63) is 64.7 Å². The predicted octanol–water partition coefficient (Wildman–Crippen LogP) is 2.88. The van der Waals surface area contributed by atoms with Crippen LogP contribution >= 0.6 is 11.6 Å². The van der Waals surface area contributed by atoms with Gasteiger partial charge in [-0.2, -0.15) is 0 Å². The van der Waals surface area contributed by atoms with Crippen molar-refractivity contribution in [1.82, 2.24) is 5.32 Å². The molecule has 0 radical (unpaired) electrons. The van der Waals surface area contributed by atoms with Gasteiger partial charge in [-0.25, -0.2) is 0 Å². The van der Waals surface area contributed by atoms with Gasteiger partial charge in [0.1, 0.15) is 0 Å². The normalized spacial score (nSPS) is 9.74. The number of hydrogen-bond acceptors (Lipinski definition) is 2. The molecule has 0 aromatic heterocycles. The SMILES string of the molecule is C#CCNC(=O)c1ccccc1NC(=O)Cc1ccccc1Cl. The number of halogens is 1. The van der Waals surface area contributed by atoms with Crippen molar-refractivity contribution >= 4 is 29.1 Å². The highest BCUT2D eigenvalue weighted by atomic mass is 35.5. The third-order valence-corrected chi connectivity index (χ3v) is 3.47. The molecule has 0 bridgehead atoms. The van der Waals surface area contributed by atoms with Crippen LogP contribution in [-0.4, -0.2) is 18.4 Å². The first-order chi connectivity index (χ1) is 11.1. The van der Waals surface area contributed by atoms with Gasteiger partial charge in [-0.15, -0.1) is 6.42 Å². The summed E-state index contributed by atoms with van der Waals surface area (Å²) in [4.78, 5) is 24.2. The molecule has 23 heavy (non-hydrogen) atoms. The Balaban J connectivity index is 2.11. The molecule has 2 rings (SSSR count). The van der Waals surface area contributed by atoms with Crippen molar-refractivity contribution < 1.29 is 9.59 Å². The molecule has 2 N–H and O–H groups in total. The highest BCUT2D eigenvalue weighted by Crippen LogP contribution is 2.18. The molecule has 0 fully saturated rings. The molecule has 2 aromatic carbocycles. The van der Waals surface area contributed by atoms with E-state index in [1.165, 1.54) is 0 Å². The molecule has 116 valence electrons. The van der Waals surface area contributed by atoms with Crippen LogP contribution in [0.15, 0.2) is 48.5 Å². The second-order valence-corrected chi connectivity index (χ2v) is 5.16. The Morgan fingerprint density at radius 2 is 1.78 bits per heavy atom. The maximum Gasteiger partial charge on any atom is 0.254 e. The third-order valence-electron chi connectivity index (χ3n) is 3.11. The topological polar surface area (TPSA) is 58.2 Å². The lowest BCUT2D eigenvalue weighted by molar-refractivity contribution is -0.115. The smallest absolute Gasteiger partial charge is 0.254 e. The van der Waals surface area contributed by atoms with E-state index >= 15 is 0 Å². The fourth-order valence-electron chi connectivity index (χ4n) is 2.03. The summed E-state index contributed by atoms with van der Waals surface area (Å²) < 4.78 is 0. The number of rotatable bonds is 5. The molecular formula is C18H15ClN2O2. The van der Waals surface area contributed by atoms with Gasteiger partial charge in [-0.3, -0.25) is 9.59 Å². The minimum Gasteiger partial charge on any atom is -0.341 e. The number of anilines is 1. The maximum absolute atomic E-state index is 12.2.